The minimum Gasteiger partial charge on any atom is -0.483 e. The molecule has 2 bridgehead atoms. The molecule has 2 aliphatic rings. The number of pyridine rings is 1. The molecule has 0 radical (unpaired) electrons. The van der Waals surface area contributed by atoms with Crippen molar-refractivity contribution in [3.05, 3.63) is 110 Å². The van der Waals surface area contributed by atoms with E-state index in [1.807, 2.05) is 19.1 Å². The molecule has 0 spiro atoms. The van der Waals surface area contributed by atoms with Gasteiger partial charge in [-0.1, -0.05) is 42.0 Å². The maximum absolute atomic E-state index is 14.1. The van der Waals surface area contributed by atoms with Crippen molar-refractivity contribution in [1.82, 2.24) is 14.8 Å². The number of rotatable bonds is 6. The van der Waals surface area contributed by atoms with E-state index in [-0.39, 0.29) is 35.6 Å². The average molecular weight is 524 g/mol. The van der Waals surface area contributed by atoms with Crippen LogP contribution in [-0.2, 0) is 13.2 Å². The molecule has 2 aromatic carbocycles. The van der Waals surface area contributed by atoms with Crippen molar-refractivity contribution in [1.29, 1.82) is 0 Å². The largest absolute Gasteiger partial charge is 0.483 e. The summed E-state index contributed by atoms with van der Waals surface area (Å²) in [4.78, 5) is 41.7. The first-order chi connectivity index (χ1) is 18.2. The van der Waals surface area contributed by atoms with Gasteiger partial charge in [0, 0.05) is 43.5 Å². The molecule has 7 nitrogen and oxygen atoms in total. The quantitative estimate of drug-likeness (QED) is 0.493. The van der Waals surface area contributed by atoms with Crippen LogP contribution < -0.4 is 15.5 Å². The molecule has 0 aliphatic carbocycles. The summed E-state index contributed by atoms with van der Waals surface area (Å²) in [6.07, 6.45) is 3.93. The molecule has 1 atom stereocenters. The van der Waals surface area contributed by atoms with Gasteiger partial charge in [0.15, 0.2) is 11.4 Å². The molecule has 5 rings (SSSR count). The van der Waals surface area contributed by atoms with Crippen molar-refractivity contribution in [2.45, 2.75) is 32.5 Å². The number of nitrogens with one attached hydrogen (secondary N) is 1. The monoisotopic (exact) mass is 523 g/mol. The molecular weight excluding hydrogens is 499 g/mol. The van der Waals surface area contributed by atoms with E-state index in [2.05, 4.69) is 5.32 Å². The van der Waals surface area contributed by atoms with E-state index in [9.17, 15) is 27.6 Å². The van der Waals surface area contributed by atoms with E-state index < -0.39 is 40.9 Å². The minimum absolute atomic E-state index is 0.0209. The number of hydrogen-bond donors (Lipinski definition) is 1. The first kappa shape index (κ1) is 25.3. The molecule has 0 unspecified atom stereocenters. The molecule has 0 fully saturated rings. The van der Waals surface area contributed by atoms with Crippen LogP contribution >= 0.6 is 0 Å². The standard InChI is InChI=1S/C28H24F3N3O4/c1-16-7-8-33-13-19(9-16)34-14-21(27(36)32-12-20-22(30)10-18(29)11-23(20)31)25(35)26(24(34)28(33)37)38-15-17-5-3-2-4-6-17/h2-6,9-11,14,19H,7-8,12-13,15H2,1H3,(H,32,36)/t19-/m0/s1. The zero-order chi connectivity index (χ0) is 27.0. The Morgan fingerprint density at radius 1 is 1.11 bits per heavy atom. The number of halogens is 3. The van der Waals surface area contributed by atoms with Gasteiger partial charge in [-0.3, -0.25) is 14.4 Å². The average Bonchev–Trinajstić information content (AvgIpc) is 3.06. The first-order valence-corrected chi connectivity index (χ1v) is 12.1. The Hall–Kier alpha value is -4.34. The number of amides is 2. The summed E-state index contributed by atoms with van der Waals surface area (Å²) in [5.74, 6) is -4.99. The number of aromatic nitrogens is 1. The minimum atomic E-state index is -1.17. The Bertz CT molecular complexity index is 1490. The van der Waals surface area contributed by atoms with Gasteiger partial charge in [0.25, 0.3) is 11.8 Å². The number of fused-ring (bicyclic) bond motifs is 4. The second kappa shape index (κ2) is 10.2. The Labute approximate surface area is 216 Å². The van der Waals surface area contributed by atoms with Gasteiger partial charge in [0.05, 0.1) is 6.04 Å². The van der Waals surface area contributed by atoms with Gasteiger partial charge >= 0.3 is 0 Å². The van der Waals surface area contributed by atoms with Crippen LogP contribution in [0.15, 0.2) is 65.1 Å². The highest BCUT2D eigenvalue weighted by Crippen LogP contribution is 2.31. The van der Waals surface area contributed by atoms with Crippen molar-refractivity contribution < 1.29 is 27.5 Å². The van der Waals surface area contributed by atoms with Gasteiger partial charge in [-0.15, -0.1) is 0 Å². The maximum Gasteiger partial charge on any atom is 0.274 e. The van der Waals surface area contributed by atoms with Crippen LogP contribution in [-0.4, -0.2) is 34.4 Å². The summed E-state index contributed by atoms with van der Waals surface area (Å²) >= 11 is 0. The predicted octanol–water partition coefficient (Wildman–Crippen LogP) is 4.12. The SMILES string of the molecule is CC1=C[C@H]2CN(CC1)C(=O)c1c(OCc3ccccc3)c(=O)c(C(=O)NCc3c(F)cc(F)cc3F)cn12. The third-order valence-corrected chi connectivity index (χ3v) is 6.70. The second-order valence-electron chi connectivity index (χ2n) is 9.34. The molecular formula is C28H24F3N3O4. The topological polar surface area (TPSA) is 80.6 Å². The number of carbonyl (C=O) groups is 2. The molecule has 2 amide bonds. The molecule has 1 aromatic heterocycles. The predicted molar refractivity (Wildman–Crippen MR) is 132 cm³/mol. The molecule has 3 aromatic rings. The summed E-state index contributed by atoms with van der Waals surface area (Å²) in [6, 6.07) is 9.69. The zero-order valence-corrected chi connectivity index (χ0v) is 20.5. The van der Waals surface area contributed by atoms with Crippen LogP contribution in [0.2, 0.25) is 0 Å². The third-order valence-electron chi connectivity index (χ3n) is 6.70. The molecule has 2 aliphatic heterocycles. The lowest BCUT2D eigenvalue weighted by molar-refractivity contribution is 0.0684. The Morgan fingerprint density at radius 3 is 2.53 bits per heavy atom. The van der Waals surface area contributed by atoms with E-state index in [0.717, 1.165) is 11.1 Å². The number of ether oxygens (including phenoxy) is 1. The molecule has 196 valence electrons. The highest BCUT2D eigenvalue weighted by atomic mass is 19.1. The highest BCUT2D eigenvalue weighted by molar-refractivity contribution is 5.99. The normalized spacial score (nSPS) is 16.4. The number of hydrogen-bond acceptors (Lipinski definition) is 4. The fourth-order valence-corrected chi connectivity index (χ4v) is 4.70. The van der Waals surface area contributed by atoms with E-state index in [4.69, 9.17) is 4.74 Å². The van der Waals surface area contributed by atoms with Crippen LogP contribution in [0.4, 0.5) is 13.2 Å². The van der Waals surface area contributed by atoms with Crippen molar-refractivity contribution in [2.75, 3.05) is 13.1 Å². The highest BCUT2D eigenvalue weighted by Gasteiger charge is 2.36. The van der Waals surface area contributed by atoms with Gasteiger partial charge in [-0.2, -0.15) is 0 Å². The van der Waals surface area contributed by atoms with Crippen molar-refractivity contribution in [2.24, 2.45) is 0 Å². The van der Waals surface area contributed by atoms with Crippen LogP contribution in [0, 0.1) is 17.5 Å². The Kier molecular flexibility index (Phi) is 6.79. The van der Waals surface area contributed by atoms with Gasteiger partial charge in [-0.05, 0) is 18.9 Å². The lowest BCUT2D eigenvalue weighted by Gasteiger charge is -2.34. The lowest BCUT2D eigenvalue weighted by Crippen LogP contribution is -2.44. The summed E-state index contributed by atoms with van der Waals surface area (Å²) in [5.41, 5.74) is 0.123. The summed E-state index contributed by atoms with van der Waals surface area (Å²) in [5, 5.41) is 2.33. The van der Waals surface area contributed by atoms with Crippen LogP contribution in [0.5, 0.6) is 5.75 Å². The molecule has 1 N–H and O–H groups in total. The smallest absolute Gasteiger partial charge is 0.274 e. The maximum atomic E-state index is 14.1. The van der Waals surface area contributed by atoms with Gasteiger partial charge in [0.2, 0.25) is 5.43 Å². The van der Waals surface area contributed by atoms with Crippen LogP contribution in [0.25, 0.3) is 0 Å². The number of benzene rings is 2. The van der Waals surface area contributed by atoms with Crippen LogP contribution in [0.3, 0.4) is 0 Å². The fourth-order valence-electron chi connectivity index (χ4n) is 4.70. The lowest BCUT2D eigenvalue weighted by atomic mass is 10.1. The van der Waals surface area contributed by atoms with E-state index in [1.54, 1.807) is 33.7 Å². The Morgan fingerprint density at radius 2 is 1.82 bits per heavy atom. The van der Waals surface area contributed by atoms with Crippen molar-refractivity contribution in [3.63, 3.8) is 0 Å². The molecule has 10 heteroatoms. The number of nitrogens with zero attached hydrogens (tertiary/aromatic N) is 2. The second-order valence-corrected chi connectivity index (χ2v) is 9.34. The van der Waals surface area contributed by atoms with E-state index in [0.29, 0.717) is 31.6 Å². The van der Waals surface area contributed by atoms with Crippen molar-refractivity contribution in [3.8, 4) is 5.75 Å². The first-order valence-electron chi connectivity index (χ1n) is 12.1. The molecule has 38 heavy (non-hydrogen) atoms. The third kappa shape index (κ3) is 4.81. The van der Waals surface area contributed by atoms with Crippen molar-refractivity contribution >= 4 is 11.8 Å². The summed E-state index contributed by atoms with van der Waals surface area (Å²) in [6.45, 7) is 2.15. The van der Waals surface area contributed by atoms with E-state index >= 15 is 0 Å². The van der Waals surface area contributed by atoms with Gasteiger partial charge in [0.1, 0.15) is 29.6 Å². The van der Waals surface area contributed by atoms with Gasteiger partial charge in [-0.25, -0.2) is 13.2 Å². The Balaban J connectivity index is 1.55. The number of carbonyl (C=O) groups excluding carboxylic acids is 2. The zero-order valence-electron chi connectivity index (χ0n) is 20.5. The molecule has 0 saturated heterocycles. The molecule has 3 heterocycles. The fraction of sp³-hybridized carbons (Fsp3) is 0.250. The molecule has 0 saturated carbocycles. The van der Waals surface area contributed by atoms with E-state index in [1.165, 1.54) is 6.20 Å². The van der Waals surface area contributed by atoms with Gasteiger partial charge < -0.3 is 19.5 Å². The summed E-state index contributed by atoms with van der Waals surface area (Å²) in [7, 11) is 0. The summed E-state index contributed by atoms with van der Waals surface area (Å²) < 4.78 is 48.9. The van der Waals surface area contributed by atoms with Crippen LogP contribution in [0.1, 0.15) is 51.4 Å².